The van der Waals surface area contributed by atoms with Crippen LogP contribution in [-0.2, 0) is 27.5 Å². The van der Waals surface area contributed by atoms with Crippen LogP contribution in [0.2, 0.25) is 18.1 Å². The standard InChI is InChI=1S/C30H40N4O6Si/c1-8-15-34-18-25(33-34)17-31-28(36)23-11-14-27(24(16-23)20-38-21(2)35)32-29(37)39-19-22-9-12-26(13-10-22)40-41(6,7)30(3,4)5/h9-16H,8,17-20H2,1-7H3,(H-,31,32,36,37)/p+1. The van der Waals surface area contributed by atoms with E-state index in [1.165, 1.54) is 6.92 Å². The maximum Gasteiger partial charge on any atom is 0.411 e. The molecule has 0 atom stereocenters. The third-order valence-electron chi connectivity index (χ3n) is 6.97. The Balaban J connectivity index is 1.59. The smallest absolute Gasteiger partial charge is 0.411 e. The number of rotatable bonds is 11. The highest BCUT2D eigenvalue weighted by Gasteiger charge is 2.38. The zero-order chi connectivity index (χ0) is 30.2. The first-order chi connectivity index (χ1) is 19.3. The fourth-order valence-corrected chi connectivity index (χ4v) is 4.63. The minimum absolute atomic E-state index is 0.0588. The summed E-state index contributed by atoms with van der Waals surface area (Å²) in [6, 6.07) is 12.2. The van der Waals surface area contributed by atoms with Gasteiger partial charge in [0.1, 0.15) is 19.0 Å². The fourth-order valence-electron chi connectivity index (χ4n) is 3.60. The first-order valence-electron chi connectivity index (χ1n) is 13.7. The highest BCUT2D eigenvalue weighted by Crippen LogP contribution is 2.37. The van der Waals surface area contributed by atoms with Gasteiger partial charge in [-0.2, -0.15) is 0 Å². The van der Waals surface area contributed by atoms with Gasteiger partial charge in [-0.15, -0.1) is 0 Å². The third-order valence-corrected chi connectivity index (χ3v) is 11.3. The van der Waals surface area contributed by atoms with Crippen molar-refractivity contribution >= 4 is 43.9 Å². The van der Waals surface area contributed by atoms with Crippen molar-refractivity contribution in [3.8, 4) is 5.75 Å². The van der Waals surface area contributed by atoms with Crippen molar-refractivity contribution in [1.82, 2.24) is 5.32 Å². The summed E-state index contributed by atoms with van der Waals surface area (Å²) in [6.45, 7) is 15.2. The van der Waals surface area contributed by atoms with E-state index in [1.807, 2.05) is 42.1 Å². The van der Waals surface area contributed by atoms with Crippen LogP contribution < -0.4 is 15.1 Å². The van der Waals surface area contributed by atoms with E-state index in [-0.39, 0.29) is 24.2 Å². The SMILES string of the molecule is CCC=[N+]1CC(CNC(=O)c2ccc(NC(=O)OCc3ccc(O[Si](C)(C)C(C)(C)C)cc3)c(COC(C)=O)c2)=N1. The van der Waals surface area contributed by atoms with Crippen molar-refractivity contribution in [2.45, 2.75) is 72.4 Å². The van der Waals surface area contributed by atoms with E-state index in [1.54, 1.807) is 18.2 Å². The molecule has 0 spiro atoms. The highest BCUT2D eigenvalue weighted by molar-refractivity contribution is 6.74. The Hall–Kier alpha value is -3.99. The van der Waals surface area contributed by atoms with Gasteiger partial charge in [0, 0.05) is 24.5 Å². The molecule has 2 N–H and O–H groups in total. The molecule has 2 aromatic carbocycles. The molecule has 41 heavy (non-hydrogen) atoms. The average Bonchev–Trinajstić information content (AvgIpc) is 2.87. The van der Waals surface area contributed by atoms with E-state index in [0.717, 1.165) is 23.4 Å². The van der Waals surface area contributed by atoms with Crippen molar-refractivity contribution in [3.05, 3.63) is 59.2 Å². The van der Waals surface area contributed by atoms with Gasteiger partial charge in [0.25, 0.3) is 5.91 Å². The quantitative estimate of drug-likeness (QED) is 0.206. The van der Waals surface area contributed by atoms with Gasteiger partial charge < -0.3 is 19.2 Å². The number of hydrogen-bond donors (Lipinski definition) is 2. The van der Waals surface area contributed by atoms with Crippen molar-refractivity contribution < 1.29 is 33.0 Å². The number of benzene rings is 2. The van der Waals surface area contributed by atoms with Gasteiger partial charge in [-0.25, -0.2) is 4.79 Å². The van der Waals surface area contributed by atoms with Gasteiger partial charge in [0.2, 0.25) is 14.9 Å². The van der Waals surface area contributed by atoms with Crippen LogP contribution in [0.3, 0.4) is 0 Å². The Kier molecular flexibility index (Phi) is 10.4. The van der Waals surface area contributed by atoms with Gasteiger partial charge in [0.05, 0.1) is 12.2 Å². The lowest BCUT2D eigenvalue weighted by atomic mass is 10.1. The van der Waals surface area contributed by atoms with E-state index in [9.17, 15) is 14.4 Å². The van der Waals surface area contributed by atoms with Crippen LogP contribution >= 0.6 is 0 Å². The summed E-state index contributed by atoms with van der Waals surface area (Å²) in [5.41, 5.74) is 2.88. The summed E-state index contributed by atoms with van der Waals surface area (Å²) in [7, 11) is -1.95. The average molecular weight is 582 g/mol. The summed E-state index contributed by atoms with van der Waals surface area (Å²) >= 11 is 0. The lowest BCUT2D eigenvalue weighted by Crippen LogP contribution is -2.43. The van der Waals surface area contributed by atoms with Gasteiger partial charge in [-0.05, 0) is 59.1 Å². The number of carbonyl (C=O) groups excluding carboxylic acids is 3. The fraction of sp³-hybridized carbons (Fsp3) is 0.433. The van der Waals surface area contributed by atoms with Crippen LogP contribution in [0, 0.1) is 0 Å². The summed E-state index contributed by atoms with van der Waals surface area (Å²) in [5.74, 6) is 0.0114. The van der Waals surface area contributed by atoms with E-state index in [0.29, 0.717) is 29.9 Å². The number of hydrogen-bond acceptors (Lipinski definition) is 7. The summed E-state index contributed by atoms with van der Waals surface area (Å²) in [5, 5.41) is 9.92. The molecule has 10 nitrogen and oxygen atoms in total. The molecule has 2 aromatic rings. The second-order valence-corrected chi connectivity index (χ2v) is 16.1. The molecule has 0 fully saturated rings. The number of nitrogens with zero attached hydrogens (tertiary/aromatic N) is 2. The number of ether oxygens (including phenoxy) is 2. The number of amides is 2. The minimum atomic E-state index is -1.95. The van der Waals surface area contributed by atoms with Crippen LogP contribution in [0.15, 0.2) is 47.6 Å². The van der Waals surface area contributed by atoms with Crippen molar-refractivity contribution in [2.75, 3.05) is 18.4 Å². The lowest BCUT2D eigenvalue weighted by molar-refractivity contribution is -0.539. The van der Waals surface area contributed by atoms with Gasteiger partial charge in [0.15, 0.2) is 11.9 Å². The third kappa shape index (κ3) is 9.27. The Morgan fingerprint density at radius 3 is 2.34 bits per heavy atom. The largest absolute Gasteiger partial charge is 0.544 e. The first-order valence-corrected chi connectivity index (χ1v) is 16.6. The number of carbonyl (C=O) groups is 3. The molecule has 0 bridgehead atoms. The molecule has 11 heteroatoms. The van der Waals surface area contributed by atoms with Gasteiger partial charge in [-0.3, -0.25) is 14.9 Å². The molecule has 0 aromatic heterocycles. The Bertz CT molecular complexity index is 1330. The molecule has 1 aliphatic rings. The molecule has 220 valence electrons. The van der Waals surface area contributed by atoms with Crippen LogP contribution in [-0.4, -0.2) is 56.0 Å². The lowest BCUT2D eigenvalue weighted by Gasteiger charge is -2.36. The number of hydrazone groups is 1. The molecule has 0 radical (unpaired) electrons. The molecule has 1 heterocycles. The molecule has 3 rings (SSSR count). The Labute approximate surface area is 242 Å². The minimum Gasteiger partial charge on any atom is -0.544 e. The molecule has 0 saturated heterocycles. The van der Waals surface area contributed by atoms with E-state index >= 15 is 0 Å². The normalized spacial score (nSPS) is 14.0. The number of anilines is 1. The van der Waals surface area contributed by atoms with Crippen molar-refractivity contribution in [3.63, 3.8) is 0 Å². The zero-order valence-corrected chi connectivity index (χ0v) is 26.0. The molecular weight excluding hydrogens is 540 g/mol. The van der Waals surface area contributed by atoms with Gasteiger partial charge >= 0.3 is 12.1 Å². The van der Waals surface area contributed by atoms with Crippen LogP contribution in [0.1, 0.15) is 62.5 Å². The topological polar surface area (TPSA) is 118 Å². The summed E-state index contributed by atoms with van der Waals surface area (Å²) in [6.07, 6.45) is 2.19. The predicted molar refractivity (Wildman–Crippen MR) is 161 cm³/mol. The van der Waals surface area contributed by atoms with Crippen molar-refractivity contribution in [2.24, 2.45) is 5.10 Å². The molecule has 0 unspecified atom stereocenters. The van der Waals surface area contributed by atoms with Crippen LogP contribution in [0.25, 0.3) is 0 Å². The first kappa shape index (κ1) is 31.5. The van der Waals surface area contributed by atoms with E-state index < -0.39 is 20.4 Å². The van der Waals surface area contributed by atoms with Crippen LogP contribution in [0.5, 0.6) is 5.75 Å². The second-order valence-electron chi connectivity index (χ2n) is 11.4. The Morgan fingerprint density at radius 2 is 1.73 bits per heavy atom. The highest BCUT2D eigenvalue weighted by atomic mass is 28.4. The van der Waals surface area contributed by atoms with Gasteiger partial charge in [-0.1, -0.05) is 44.5 Å². The predicted octanol–water partition coefficient (Wildman–Crippen LogP) is 5.48. The molecule has 2 amide bonds. The molecule has 0 saturated carbocycles. The molecular formula is C30H41N4O6Si+. The van der Waals surface area contributed by atoms with Crippen molar-refractivity contribution in [1.29, 1.82) is 0 Å². The summed E-state index contributed by atoms with van der Waals surface area (Å²) in [4.78, 5) is 36.7. The maximum absolute atomic E-state index is 12.7. The molecule has 1 aliphatic heterocycles. The maximum atomic E-state index is 12.7. The number of nitrogens with one attached hydrogen (secondary N) is 2. The van der Waals surface area contributed by atoms with Crippen LogP contribution in [0.4, 0.5) is 10.5 Å². The second kappa shape index (κ2) is 13.6. The summed E-state index contributed by atoms with van der Waals surface area (Å²) < 4.78 is 18.7. The monoisotopic (exact) mass is 581 g/mol. The Morgan fingerprint density at radius 1 is 1.05 bits per heavy atom. The molecule has 0 aliphatic carbocycles. The van der Waals surface area contributed by atoms with E-state index in [4.69, 9.17) is 13.9 Å². The zero-order valence-electron chi connectivity index (χ0n) is 25.0. The van der Waals surface area contributed by atoms with E-state index in [2.05, 4.69) is 49.6 Å². The number of esters is 1.